The van der Waals surface area contributed by atoms with Crippen molar-refractivity contribution in [2.75, 3.05) is 19.8 Å². The standard InChI is InChI=1S/C12H17ClFNO.ClH/c1-2-16-8-4-7-15-9-10-11(13)5-3-6-12(10)14;/h3,5-6,15H,2,4,7-9H2,1H3;1H. The fourth-order valence-corrected chi connectivity index (χ4v) is 1.59. The minimum atomic E-state index is -0.259. The monoisotopic (exact) mass is 281 g/mol. The van der Waals surface area contributed by atoms with E-state index in [2.05, 4.69) is 5.32 Å². The van der Waals surface area contributed by atoms with E-state index >= 15 is 0 Å². The summed E-state index contributed by atoms with van der Waals surface area (Å²) in [5.41, 5.74) is 0.528. The van der Waals surface area contributed by atoms with Crippen LogP contribution in [0.1, 0.15) is 18.9 Å². The smallest absolute Gasteiger partial charge is 0.129 e. The van der Waals surface area contributed by atoms with Gasteiger partial charge in [0.1, 0.15) is 5.82 Å². The van der Waals surface area contributed by atoms with E-state index in [0.29, 0.717) is 17.1 Å². The minimum absolute atomic E-state index is 0. The van der Waals surface area contributed by atoms with E-state index in [1.165, 1.54) is 6.07 Å². The van der Waals surface area contributed by atoms with Crippen molar-refractivity contribution in [3.63, 3.8) is 0 Å². The summed E-state index contributed by atoms with van der Waals surface area (Å²) in [6.45, 7) is 4.68. The van der Waals surface area contributed by atoms with Gasteiger partial charge in [0.25, 0.3) is 0 Å². The quantitative estimate of drug-likeness (QED) is 0.774. The summed E-state index contributed by atoms with van der Waals surface area (Å²) in [7, 11) is 0. The molecule has 1 aromatic carbocycles. The average molecular weight is 282 g/mol. The Kier molecular flexibility index (Phi) is 9.46. The lowest BCUT2D eigenvalue weighted by Crippen LogP contribution is -2.17. The number of hydrogen-bond donors (Lipinski definition) is 1. The summed E-state index contributed by atoms with van der Waals surface area (Å²) in [5, 5.41) is 3.61. The predicted molar refractivity (Wildman–Crippen MR) is 71.5 cm³/mol. The van der Waals surface area contributed by atoms with Crippen LogP contribution in [0.5, 0.6) is 0 Å². The summed E-state index contributed by atoms with van der Waals surface area (Å²) in [5.74, 6) is -0.259. The van der Waals surface area contributed by atoms with Crippen molar-refractivity contribution in [3.05, 3.63) is 34.6 Å². The first-order valence-corrected chi connectivity index (χ1v) is 5.85. The van der Waals surface area contributed by atoms with Crippen LogP contribution in [-0.4, -0.2) is 19.8 Å². The van der Waals surface area contributed by atoms with E-state index in [1.807, 2.05) is 6.92 Å². The molecule has 98 valence electrons. The van der Waals surface area contributed by atoms with Crippen LogP contribution in [0.25, 0.3) is 0 Å². The van der Waals surface area contributed by atoms with Crippen molar-refractivity contribution in [2.24, 2.45) is 0 Å². The van der Waals surface area contributed by atoms with Gasteiger partial charge in [-0.3, -0.25) is 0 Å². The van der Waals surface area contributed by atoms with Gasteiger partial charge in [0.05, 0.1) is 0 Å². The Balaban J connectivity index is 0.00000256. The molecule has 0 saturated carbocycles. The first-order chi connectivity index (χ1) is 7.75. The molecule has 0 fully saturated rings. The Morgan fingerprint density at radius 1 is 1.41 bits per heavy atom. The third kappa shape index (κ3) is 6.22. The van der Waals surface area contributed by atoms with E-state index < -0.39 is 0 Å². The Bertz CT molecular complexity index is 303. The van der Waals surface area contributed by atoms with E-state index in [9.17, 15) is 4.39 Å². The summed E-state index contributed by atoms with van der Waals surface area (Å²) < 4.78 is 18.5. The lowest BCUT2D eigenvalue weighted by atomic mass is 10.2. The van der Waals surface area contributed by atoms with Crippen molar-refractivity contribution >= 4 is 24.0 Å². The second-order valence-electron chi connectivity index (χ2n) is 3.43. The van der Waals surface area contributed by atoms with Gasteiger partial charge in [0.15, 0.2) is 0 Å². The Morgan fingerprint density at radius 3 is 2.82 bits per heavy atom. The van der Waals surface area contributed by atoms with Crippen molar-refractivity contribution in [2.45, 2.75) is 19.9 Å². The highest BCUT2D eigenvalue weighted by Crippen LogP contribution is 2.18. The van der Waals surface area contributed by atoms with Crippen LogP contribution in [0.15, 0.2) is 18.2 Å². The lowest BCUT2D eigenvalue weighted by Gasteiger charge is -2.07. The lowest BCUT2D eigenvalue weighted by molar-refractivity contribution is 0.144. The Hall–Kier alpha value is -0.350. The molecule has 0 saturated heterocycles. The van der Waals surface area contributed by atoms with Gasteiger partial charge in [-0.2, -0.15) is 0 Å². The van der Waals surface area contributed by atoms with Crippen LogP contribution in [0, 0.1) is 5.82 Å². The normalized spacial score (nSPS) is 10.1. The Morgan fingerprint density at radius 2 is 2.18 bits per heavy atom. The van der Waals surface area contributed by atoms with Gasteiger partial charge in [0, 0.05) is 30.3 Å². The molecule has 1 N–H and O–H groups in total. The average Bonchev–Trinajstić information content (AvgIpc) is 2.26. The molecule has 1 aromatic rings. The third-order valence-electron chi connectivity index (χ3n) is 2.21. The molecular formula is C12H18Cl2FNO. The maximum Gasteiger partial charge on any atom is 0.129 e. The maximum atomic E-state index is 13.3. The number of nitrogens with one attached hydrogen (secondary N) is 1. The van der Waals surface area contributed by atoms with Crippen LogP contribution in [-0.2, 0) is 11.3 Å². The van der Waals surface area contributed by atoms with Gasteiger partial charge < -0.3 is 10.1 Å². The van der Waals surface area contributed by atoms with E-state index in [-0.39, 0.29) is 18.2 Å². The molecule has 0 amide bonds. The van der Waals surface area contributed by atoms with Crippen LogP contribution in [0.3, 0.4) is 0 Å². The van der Waals surface area contributed by atoms with Crippen molar-refractivity contribution in [1.82, 2.24) is 5.32 Å². The van der Waals surface area contributed by atoms with Crippen molar-refractivity contribution < 1.29 is 9.13 Å². The molecule has 2 nitrogen and oxygen atoms in total. The molecule has 0 bridgehead atoms. The molecule has 1 rings (SSSR count). The number of ether oxygens (including phenoxy) is 1. The van der Waals surface area contributed by atoms with Gasteiger partial charge >= 0.3 is 0 Å². The molecule has 0 heterocycles. The van der Waals surface area contributed by atoms with Gasteiger partial charge in [-0.15, -0.1) is 12.4 Å². The van der Waals surface area contributed by atoms with Crippen molar-refractivity contribution in [3.8, 4) is 0 Å². The summed E-state index contributed by atoms with van der Waals surface area (Å²) in [6, 6.07) is 4.72. The van der Waals surface area contributed by atoms with Gasteiger partial charge in [-0.1, -0.05) is 17.7 Å². The van der Waals surface area contributed by atoms with Gasteiger partial charge in [-0.05, 0) is 32.0 Å². The SMILES string of the molecule is CCOCCCNCc1c(F)cccc1Cl.Cl. The highest BCUT2D eigenvalue weighted by Gasteiger charge is 2.05. The fraction of sp³-hybridized carbons (Fsp3) is 0.500. The second-order valence-corrected chi connectivity index (χ2v) is 3.83. The van der Waals surface area contributed by atoms with Gasteiger partial charge in [0.2, 0.25) is 0 Å². The van der Waals surface area contributed by atoms with Crippen LogP contribution in [0.2, 0.25) is 5.02 Å². The molecular weight excluding hydrogens is 264 g/mol. The minimum Gasteiger partial charge on any atom is -0.382 e. The topological polar surface area (TPSA) is 21.3 Å². The molecule has 0 aliphatic carbocycles. The van der Waals surface area contributed by atoms with Crippen LogP contribution in [0.4, 0.5) is 4.39 Å². The largest absolute Gasteiger partial charge is 0.382 e. The molecule has 0 aliphatic rings. The number of hydrogen-bond acceptors (Lipinski definition) is 2. The van der Waals surface area contributed by atoms with E-state index in [4.69, 9.17) is 16.3 Å². The summed E-state index contributed by atoms with van der Waals surface area (Å²) in [4.78, 5) is 0. The van der Waals surface area contributed by atoms with Gasteiger partial charge in [-0.25, -0.2) is 4.39 Å². The predicted octanol–water partition coefficient (Wildman–Crippen LogP) is 3.42. The summed E-state index contributed by atoms with van der Waals surface area (Å²) in [6.07, 6.45) is 0.917. The first-order valence-electron chi connectivity index (χ1n) is 5.47. The molecule has 0 unspecified atom stereocenters. The van der Waals surface area contributed by atoms with Crippen molar-refractivity contribution in [1.29, 1.82) is 0 Å². The maximum absolute atomic E-state index is 13.3. The van der Waals surface area contributed by atoms with Crippen LogP contribution >= 0.6 is 24.0 Å². The Labute approximate surface area is 113 Å². The second kappa shape index (κ2) is 9.66. The number of halogens is 3. The highest BCUT2D eigenvalue weighted by molar-refractivity contribution is 6.31. The number of rotatable bonds is 7. The highest BCUT2D eigenvalue weighted by atomic mass is 35.5. The van der Waals surface area contributed by atoms with E-state index in [0.717, 1.165) is 26.2 Å². The molecule has 0 spiro atoms. The fourth-order valence-electron chi connectivity index (χ4n) is 1.36. The zero-order valence-electron chi connectivity index (χ0n) is 9.84. The molecule has 0 aliphatic heterocycles. The third-order valence-corrected chi connectivity index (χ3v) is 2.56. The molecule has 0 atom stereocenters. The zero-order chi connectivity index (χ0) is 11.8. The molecule has 5 heteroatoms. The number of benzene rings is 1. The first kappa shape index (κ1) is 16.6. The zero-order valence-corrected chi connectivity index (χ0v) is 11.4. The molecule has 17 heavy (non-hydrogen) atoms. The molecule has 0 aromatic heterocycles. The van der Waals surface area contributed by atoms with Crippen LogP contribution < -0.4 is 5.32 Å². The van der Waals surface area contributed by atoms with E-state index in [1.54, 1.807) is 12.1 Å². The summed E-state index contributed by atoms with van der Waals surface area (Å²) >= 11 is 5.89. The molecule has 0 radical (unpaired) electrons.